The summed E-state index contributed by atoms with van der Waals surface area (Å²) >= 11 is 0. The number of nitrogens with zero attached hydrogens (tertiary/aromatic N) is 2. The standard InChI is InChI=1S/C27H20N2O4/c1-27(2)25(32)28(23(30)21-15-7-11-17-9-3-5-13-19(17)21)26(33)29(27)24(31)22-16-8-12-18-10-4-6-14-20(18)22/h3-16H,1-2H3. The van der Waals surface area contributed by atoms with E-state index in [1.54, 1.807) is 48.5 Å². The summed E-state index contributed by atoms with van der Waals surface area (Å²) in [5.74, 6) is -2.11. The van der Waals surface area contributed by atoms with Crippen molar-refractivity contribution in [3.05, 3.63) is 96.1 Å². The Kier molecular flexibility index (Phi) is 4.60. The second kappa shape index (κ2) is 7.38. The van der Waals surface area contributed by atoms with Gasteiger partial charge in [-0.3, -0.25) is 14.4 Å². The predicted molar refractivity (Wildman–Crippen MR) is 125 cm³/mol. The first-order chi connectivity index (χ1) is 15.8. The Morgan fingerprint density at radius 3 is 1.64 bits per heavy atom. The van der Waals surface area contributed by atoms with E-state index in [1.165, 1.54) is 13.8 Å². The zero-order valence-corrected chi connectivity index (χ0v) is 18.1. The van der Waals surface area contributed by atoms with Gasteiger partial charge >= 0.3 is 6.03 Å². The molecule has 1 heterocycles. The third-order valence-electron chi connectivity index (χ3n) is 6.11. The van der Waals surface area contributed by atoms with Gasteiger partial charge in [0.15, 0.2) is 0 Å². The first-order valence-corrected chi connectivity index (χ1v) is 10.6. The minimum absolute atomic E-state index is 0.227. The molecule has 162 valence electrons. The van der Waals surface area contributed by atoms with Gasteiger partial charge in [-0.2, -0.15) is 4.90 Å². The van der Waals surface area contributed by atoms with Crippen LogP contribution >= 0.6 is 0 Å². The van der Waals surface area contributed by atoms with E-state index in [1.807, 2.05) is 36.4 Å². The number of hydrogen-bond acceptors (Lipinski definition) is 4. The van der Waals surface area contributed by atoms with Gasteiger partial charge in [-0.05, 0) is 47.5 Å². The van der Waals surface area contributed by atoms with Gasteiger partial charge in [0.2, 0.25) is 0 Å². The van der Waals surface area contributed by atoms with Crippen LogP contribution in [0.15, 0.2) is 84.9 Å². The maximum absolute atomic E-state index is 13.6. The van der Waals surface area contributed by atoms with Gasteiger partial charge in [-0.1, -0.05) is 72.8 Å². The summed E-state index contributed by atoms with van der Waals surface area (Å²) < 4.78 is 0. The van der Waals surface area contributed by atoms with Crippen molar-refractivity contribution >= 4 is 45.3 Å². The van der Waals surface area contributed by atoms with E-state index in [0.717, 1.165) is 15.7 Å². The molecule has 0 saturated carbocycles. The van der Waals surface area contributed by atoms with Crippen LogP contribution in [0, 0.1) is 0 Å². The molecule has 0 N–H and O–H groups in total. The fraction of sp³-hybridized carbons (Fsp3) is 0.111. The van der Waals surface area contributed by atoms with Crippen molar-refractivity contribution < 1.29 is 19.2 Å². The molecule has 1 aliphatic heterocycles. The number of carbonyl (C=O) groups is 4. The minimum Gasteiger partial charge on any atom is -0.271 e. The molecule has 1 aliphatic rings. The van der Waals surface area contributed by atoms with Crippen molar-refractivity contribution in [2.75, 3.05) is 0 Å². The number of hydrogen-bond donors (Lipinski definition) is 0. The van der Waals surface area contributed by atoms with Gasteiger partial charge in [0, 0.05) is 11.1 Å². The molecule has 1 fully saturated rings. The van der Waals surface area contributed by atoms with Gasteiger partial charge in [-0.25, -0.2) is 9.69 Å². The molecule has 0 bridgehead atoms. The van der Waals surface area contributed by atoms with E-state index >= 15 is 0 Å². The summed E-state index contributed by atoms with van der Waals surface area (Å²) in [6, 6.07) is 23.9. The van der Waals surface area contributed by atoms with Crippen LogP contribution in [-0.2, 0) is 4.79 Å². The SMILES string of the molecule is CC1(C)C(=O)N(C(=O)c2cccc3ccccc23)C(=O)N1C(=O)c1cccc2ccccc12. The Balaban J connectivity index is 1.59. The van der Waals surface area contributed by atoms with Crippen LogP contribution in [0.5, 0.6) is 0 Å². The lowest BCUT2D eigenvalue weighted by Crippen LogP contribution is -2.47. The molecular weight excluding hydrogens is 416 g/mol. The Hall–Kier alpha value is -4.32. The molecule has 4 aromatic carbocycles. The van der Waals surface area contributed by atoms with Crippen molar-refractivity contribution in [2.45, 2.75) is 19.4 Å². The summed E-state index contributed by atoms with van der Waals surface area (Å²) in [4.78, 5) is 55.2. The fourth-order valence-corrected chi connectivity index (χ4v) is 4.38. The van der Waals surface area contributed by atoms with Gasteiger partial charge in [0.25, 0.3) is 17.7 Å². The van der Waals surface area contributed by atoms with E-state index in [-0.39, 0.29) is 5.56 Å². The second-order valence-electron chi connectivity index (χ2n) is 8.48. The molecule has 0 aromatic heterocycles. The minimum atomic E-state index is -1.52. The van der Waals surface area contributed by atoms with Crippen LogP contribution in [0.4, 0.5) is 4.79 Å². The number of rotatable bonds is 2. The Labute approximate surface area is 190 Å². The monoisotopic (exact) mass is 436 g/mol. The molecule has 33 heavy (non-hydrogen) atoms. The van der Waals surface area contributed by atoms with Crippen molar-refractivity contribution in [1.82, 2.24) is 9.80 Å². The zero-order chi connectivity index (χ0) is 23.3. The van der Waals surface area contributed by atoms with Crippen LogP contribution in [0.3, 0.4) is 0 Å². The molecule has 0 atom stereocenters. The zero-order valence-electron chi connectivity index (χ0n) is 18.1. The predicted octanol–water partition coefficient (Wildman–Crippen LogP) is 5.02. The van der Waals surface area contributed by atoms with E-state index < -0.39 is 29.3 Å². The third kappa shape index (κ3) is 3.03. The van der Waals surface area contributed by atoms with Crippen molar-refractivity contribution in [3.63, 3.8) is 0 Å². The molecule has 5 amide bonds. The van der Waals surface area contributed by atoms with Crippen LogP contribution in [-0.4, -0.2) is 39.1 Å². The van der Waals surface area contributed by atoms with Crippen LogP contribution in [0.25, 0.3) is 21.5 Å². The number of urea groups is 1. The smallest absolute Gasteiger partial charge is 0.271 e. The maximum atomic E-state index is 13.6. The molecule has 0 unspecified atom stereocenters. The normalized spacial score (nSPS) is 15.5. The highest BCUT2D eigenvalue weighted by Gasteiger charge is 2.57. The molecule has 0 aliphatic carbocycles. The lowest BCUT2D eigenvalue weighted by molar-refractivity contribution is -0.129. The van der Waals surface area contributed by atoms with E-state index in [4.69, 9.17) is 0 Å². The first-order valence-electron chi connectivity index (χ1n) is 10.6. The molecule has 0 radical (unpaired) electrons. The first kappa shape index (κ1) is 20.6. The van der Waals surface area contributed by atoms with Crippen molar-refractivity contribution in [2.24, 2.45) is 0 Å². The van der Waals surface area contributed by atoms with E-state index in [9.17, 15) is 19.2 Å². The molecule has 5 rings (SSSR count). The number of imide groups is 4. The Morgan fingerprint density at radius 2 is 1.09 bits per heavy atom. The van der Waals surface area contributed by atoms with Crippen LogP contribution in [0.1, 0.15) is 34.6 Å². The molecular formula is C27H20N2O4. The topological polar surface area (TPSA) is 74.8 Å². The molecule has 0 spiro atoms. The molecule has 1 saturated heterocycles. The molecule has 6 nitrogen and oxygen atoms in total. The molecule has 4 aromatic rings. The summed E-state index contributed by atoms with van der Waals surface area (Å²) in [5.41, 5.74) is -1.00. The van der Waals surface area contributed by atoms with Gasteiger partial charge in [0.05, 0.1) is 0 Å². The quantitative estimate of drug-likeness (QED) is 0.327. The van der Waals surface area contributed by atoms with Gasteiger partial charge in [-0.15, -0.1) is 0 Å². The lowest BCUT2D eigenvalue weighted by Gasteiger charge is -2.26. The van der Waals surface area contributed by atoms with Crippen molar-refractivity contribution in [1.29, 1.82) is 0 Å². The van der Waals surface area contributed by atoms with Crippen LogP contribution < -0.4 is 0 Å². The number of carbonyl (C=O) groups excluding carboxylic acids is 4. The largest absolute Gasteiger partial charge is 0.341 e. The van der Waals surface area contributed by atoms with E-state index in [2.05, 4.69) is 0 Å². The van der Waals surface area contributed by atoms with Crippen LogP contribution in [0.2, 0.25) is 0 Å². The Bertz CT molecular complexity index is 1480. The van der Waals surface area contributed by atoms with E-state index in [0.29, 0.717) is 21.2 Å². The van der Waals surface area contributed by atoms with Crippen molar-refractivity contribution in [3.8, 4) is 0 Å². The third-order valence-corrected chi connectivity index (χ3v) is 6.11. The highest BCUT2D eigenvalue weighted by molar-refractivity contribution is 6.29. The highest BCUT2D eigenvalue weighted by Crippen LogP contribution is 2.33. The highest BCUT2D eigenvalue weighted by atomic mass is 16.2. The van der Waals surface area contributed by atoms with Gasteiger partial charge < -0.3 is 0 Å². The number of fused-ring (bicyclic) bond motifs is 2. The number of amides is 5. The summed E-state index contributed by atoms with van der Waals surface area (Å²) in [6.07, 6.45) is 0. The number of benzene rings is 4. The summed E-state index contributed by atoms with van der Waals surface area (Å²) in [5, 5.41) is 2.94. The van der Waals surface area contributed by atoms with Gasteiger partial charge in [0.1, 0.15) is 5.54 Å². The lowest BCUT2D eigenvalue weighted by atomic mass is 9.99. The molecule has 6 heteroatoms. The second-order valence-corrected chi connectivity index (χ2v) is 8.48. The maximum Gasteiger partial charge on any atom is 0.341 e. The fourth-order valence-electron chi connectivity index (χ4n) is 4.38. The Morgan fingerprint density at radius 1 is 0.636 bits per heavy atom. The average molecular weight is 436 g/mol. The summed E-state index contributed by atoms with van der Waals surface area (Å²) in [6.45, 7) is 2.96. The summed E-state index contributed by atoms with van der Waals surface area (Å²) in [7, 11) is 0. The average Bonchev–Trinajstić information content (AvgIpc) is 3.00.